The highest BCUT2D eigenvalue weighted by molar-refractivity contribution is 6.06. The van der Waals surface area contributed by atoms with E-state index in [1.165, 1.54) is 17.5 Å². The van der Waals surface area contributed by atoms with Crippen LogP contribution < -0.4 is 10.6 Å². The first kappa shape index (κ1) is 10.3. The summed E-state index contributed by atoms with van der Waals surface area (Å²) in [5.74, 6) is -0.427. The highest BCUT2D eigenvalue weighted by Gasteiger charge is 2.30. The number of amides is 2. The first-order valence-corrected chi connectivity index (χ1v) is 5.94. The molecule has 17 heavy (non-hydrogen) atoms. The number of fused-ring (bicyclic) bond motifs is 1. The lowest BCUT2D eigenvalue weighted by Gasteiger charge is -2.12. The zero-order valence-electron chi connectivity index (χ0n) is 9.45. The van der Waals surface area contributed by atoms with Gasteiger partial charge in [-0.05, 0) is 42.5 Å². The number of anilines is 1. The molecule has 4 heteroatoms. The van der Waals surface area contributed by atoms with Gasteiger partial charge in [0, 0.05) is 5.69 Å². The van der Waals surface area contributed by atoms with Crippen LogP contribution in [-0.4, -0.2) is 17.9 Å². The predicted molar refractivity (Wildman–Crippen MR) is 63.6 cm³/mol. The summed E-state index contributed by atoms with van der Waals surface area (Å²) in [4.78, 5) is 22.5. The SMILES string of the molecule is O=C1CC(Nc2ccc3c(c2)CCC3)C(=O)N1. The Morgan fingerprint density at radius 2 is 2.00 bits per heavy atom. The molecule has 1 aromatic rings. The second-order valence-electron chi connectivity index (χ2n) is 4.65. The molecule has 0 aromatic heterocycles. The number of nitrogens with one attached hydrogen (secondary N) is 2. The maximum atomic E-state index is 11.4. The quantitative estimate of drug-likeness (QED) is 0.745. The van der Waals surface area contributed by atoms with Gasteiger partial charge in [-0.1, -0.05) is 6.07 Å². The van der Waals surface area contributed by atoms with Gasteiger partial charge < -0.3 is 5.32 Å². The predicted octanol–water partition coefficient (Wildman–Crippen LogP) is 1.00. The fourth-order valence-electron chi connectivity index (χ4n) is 2.53. The summed E-state index contributed by atoms with van der Waals surface area (Å²) >= 11 is 0. The molecule has 1 saturated heterocycles. The summed E-state index contributed by atoms with van der Waals surface area (Å²) in [5.41, 5.74) is 3.70. The van der Waals surface area contributed by atoms with Gasteiger partial charge in [0.15, 0.2) is 0 Å². The number of rotatable bonds is 2. The minimum atomic E-state index is -0.415. The average molecular weight is 230 g/mol. The molecule has 0 saturated carbocycles. The molecule has 2 N–H and O–H groups in total. The van der Waals surface area contributed by atoms with E-state index in [1.807, 2.05) is 6.07 Å². The summed E-state index contributed by atoms with van der Waals surface area (Å²) in [5, 5.41) is 5.42. The van der Waals surface area contributed by atoms with Crippen LogP contribution >= 0.6 is 0 Å². The van der Waals surface area contributed by atoms with Crippen molar-refractivity contribution in [2.24, 2.45) is 0 Å². The van der Waals surface area contributed by atoms with Crippen LogP contribution in [0.25, 0.3) is 0 Å². The molecule has 3 rings (SSSR count). The minimum Gasteiger partial charge on any atom is -0.373 e. The molecule has 4 nitrogen and oxygen atoms in total. The first-order valence-electron chi connectivity index (χ1n) is 5.94. The van der Waals surface area contributed by atoms with Crippen LogP contribution in [0.4, 0.5) is 5.69 Å². The summed E-state index contributed by atoms with van der Waals surface area (Å²) in [6, 6.07) is 5.78. The lowest BCUT2D eigenvalue weighted by Crippen LogP contribution is -2.30. The van der Waals surface area contributed by atoms with E-state index in [2.05, 4.69) is 22.8 Å². The minimum absolute atomic E-state index is 0.200. The van der Waals surface area contributed by atoms with Gasteiger partial charge in [0.05, 0.1) is 6.42 Å². The molecular formula is C13H14N2O2. The summed E-state index contributed by atoms with van der Waals surface area (Å²) in [7, 11) is 0. The Hall–Kier alpha value is -1.84. The van der Waals surface area contributed by atoms with Crippen molar-refractivity contribution in [2.45, 2.75) is 31.7 Å². The number of aryl methyl sites for hydroxylation is 2. The van der Waals surface area contributed by atoms with Crippen LogP contribution in [0.2, 0.25) is 0 Å². The Bertz CT molecular complexity index is 496. The molecule has 0 bridgehead atoms. The second kappa shape index (κ2) is 3.87. The van der Waals surface area contributed by atoms with Crippen LogP contribution in [0, 0.1) is 0 Å². The summed E-state index contributed by atoms with van der Waals surface area (Å²) in [6.45, 7) is 0. The maximum absolute atomic E-state index is 11.4. The summed E-state index contributed by atoms with van der Waals surface area (Å²) in [6.07, 6.45) is 3.70. The maximum Gasteiger partial charge on any atom is 0.249 e. The van der Waals surface area contributed by atoms with Crippen LogP contribution in [-0.2, 0) is 22.4 Å². The van der Waals surface area contributed by atoms with Crippen molar-refractivity contribution in [3.63, 3.8) is 0 Å². The first-order chi connectivity index (χ1) is 8.22. The van der Waals surface area contributed by atoms with Crippen LogP contribution in [0.15, 0.2) is 18.2 Å². The number of benzene rings is 1. The molecular weight excluding hydrogens is 216 g/mol. The van der Waals surface area contributed by atoms with E-state index in [9.17, 15) is 9.59 Å². The molecule has 2 amide bonds. The molecule has 1 atom stereocenters. The Labute approximate surface area is 99.4 Å². The highest BCUT2D eigenvalue weighted by Crippen LogP contribution is 2.25. The molecule has 88 valence electrons. The molecule has 2 aliphatic rings. The van der Waals surface area contributed by atoms with Crippen LogP contribution in [0.5, 0.6) is 0 Å². The molecule has 0 radical (unpaired) electrons. The van der Waals surface area contributed by atoms with Gasteiger partial charge in [0.2, 0.25) is 11.8 Å². The monoisotopic (exact) mass is 230 g/mol. The van der Waals surface area contributed by atoms with E-state index in [4.69, 9.17) is 0 Å². The Morgan fingerprint density at radius 3 is 2.76 bits per heavy atom. The molecule has 0 spiro atoms. The third-order valence-electron chi connectivity index (χ3n) is 3.41. The number of hydrogen-bond acceptors (Lipinski definition) is 3. The van der Waals surface area contributed by atoms with Crippen molar-refractivity contribution in [1.29, 1.82) is 0 Å². The van der Waals surface area contributed by atoms with Crippen molar-refractivity contribution in [3.05, 3.63) is 29.3 Å². The number of carbonyl (C=O) groups excluding carboxylic acids is 2. The van der Waals surface area contributed by atoms with Crippen molar-refractivity contribution >= 4 is 17.5 Å². The zero-order chi connectivity index (χ0) is 11.8. The van der Waals surface area contributed by atoms with Crippen LogP contribution in [0.3, 0.4) is 0 Å². The van der Waals surface area contributed by atoms with Gasteiger partial charge in [-0.25, -0.2) is 0 Å². The molecule has 1 heterocycles. The Morgan fingerprint density at radius 1 is 1.18 bits per heavy atom. The van der Waals surface area contributed by atoms with Gasteiger partial charge in [-0.15, -0.1) is 0 Å². The van der Waals surface area contributed by atoms with E-state index in [0.29, 0.717) is 0 Å². The second-order valence-corrected chi connectivity index (χ2v) is 4.65. The van der Waals surface area contributed by atoms with Crippen LogP contribution in [0.1, 0.15) is 24.0 Å². The standard InChI is InChI=1S/C13H14N2O2/c16-12-7-11(13(17)15-12)14-10-5-4-8-2-1-3-9(8)6-10/h4-6,11,14H,1-3,7H2,(H,15,16,17). The fraction of sp³-hybridized carbons (Fsp3) is 0.385. The van der Waals surface area contributed by atoms with Gasteiger partial charge >= 0.3 is 0 Å². The third kappa shape index (κ3) is 1.90. The van der Waals surface area contributed by atoms with E-state index in [0.717, 1.165) is 18.5 Å². The highest BCUT2D eigenvalue weighted by atomic mass is 16.2. The number of hydrogen-bond donors (Lipinski definition) is 2. The van der Waals surface area contributed by atoms with Crippen molar-refractivity contribution in [2.75, 3.05) is 5.32 Å². The van der Waals surface area contributed by atoms with E-state index >= 15 is 0 Å². The average Bonchev–Trinajstić information content (AvgIpc) is 2.85. The fourth-order valence-corrected chi connectivity index (χ4v) is 2.53. The summed E-state index contributed by atoms with van der Waals surface area (Å²) < 4.78 is 0. The molecule has 1 aliphatic heterocycles. The lowest BCUT2D eigenvalue weighted by molar-refractivity contribution is -0.124. The molecule has 1 fully saturated rings. The van der Waals surface area contributed by atoms with Gasteiger partial charge in [0.25, 0.3) is 0 Å². The number of carbonyl (C=O) groups is 2. The largest absolute Gasteiger partial charge is 0.373 e. The normalized spacial score (nSPS) is 22.5. The van der Waals surface area contributed by atoms with Crippen molar-refractivity contribution in [1.82, 2.24) is 5.32 Å². The third-order valence-corrected chi connectivity index (χ3v) is 3.41. The molecule has 1 unspecified atom stereocenters. The Kier molecular flexibility index (Phi) is 2.35. The molecule has 1 aliphatic carbocycles. The Balaban J connectivity index is 1.77. The topological polar surface area (TPSA) is 58.2 Å². The van der Waals surface area contributed by atoms with E-state index < -0.39 is 6.04 Å². The van der Waals surface area contributed by atoms with Gasteiger partial charge in [-0.3, -0.25) is 14.9 Å². The van der Waals surface area contributed by atoms with Gasteiger partial charge in [-0.2, -0.15) is 0 Å². The lowest BCUT2D eigenvalue weighted by atomic mass is 10.1. The smallest absolute Gasteiger partial charge is 0.249 e. The number of imide groups is 1. The van der Waals surface area contributed by atoms with E-state index in [1.54, 1.807) is 0 Å². The van der Waals surface area contributed by atoms with Gasteiger partial charge in [0.1, 0.15) is 6.04 Å². The van der Waals surface area contributed by atoms with E-state index in [-0.39, 0.29) is 18.2 Å². The van der Waals surface area contributed by atoms with Crippen molar-refractivity contribution in [3.8, 4) is 0 Å². The zero-order valence-corrected chi connectivity index (χ0v) is 9.45. The van der Waals surface area contributed by atoms with Crippen molar-refractivity contribution < 1.29 is 9.59 Å². The molecule has 1 aromatic carbocycles.